The van der Waals surface area contributed by atoms with Crippen LogP contribution >= 0.6 is 34.2 Å². The first-order chi connectivity index (χ1) is 15.5. The van der Waals surface area contributed by atoms with Crippen molar-refractivity contribution in [3.63, 3.8) is 0 Å². The molecule has 0 amide bonds. The zero-order chi connectivity index (χ0) is 22.9. The minimum absolute atomic E-state index is 0.251. The molecule has 32 heavy (non-hydrogen) atoms. The van der Waals surface area contributed by atoms with Crippen LogP contribution in [-0.2, 0) is 16.1 Å². The van der Waals surface area contributed by atoms with Crippen LogP contribution in [-0.4, -0.2) is 24.3 Å². The fourth-order valence-electron chi connectivity index (χ4n) is 2.99. The van der Waals surface area contributed by atoms with Crippen LogP contribution in [0.2, 0.25) is 5.02 Å². The summed E-state index contributed by atoms with van der Waals surface area (Å²) in [6.07, 6.45) is 0. The van der Waals surface area contributed by atoms with E-state index < -0.39 is 12.0 Å². The van der Waals surface area contributed by atoms with Crippen LogP contribution in [0, 0.1) is 14.9 Å². The van der Waals surface area contributed by atoms with Gasteiger partial charge in [0.1, 0.15) is 12.4 Å². The number of hydrogen-bond acceptors (Lipinski definition) is 5. The second-order valence-electron chi connectivity index (χ2n) is 6.80. The van der Waals surface area contributed by atoms with Crippen LogP contribution < -0.4 is 10.1 Å². The molecule has 0 radical (unpaired) electrons. The first-order valence-electron chi connectivity index (χ1n) is 9.71. The van der Waals surface area contributed by atoms with Crippen LogP contribution in [0.15, 0.2) is 66.7 Å². The van der Waals surface area contributed by atoms with Gasteiger partial charge in [0.05, 0.1) is 28.4 Å². The number of carboxylic acids is 1. The molecule has 0 saturated heterocycles. The quantitative estimate of drug-likeness (QED) is 0.245. The molecule has 0 heterocycles. The standard InChI is InChI=1S/C24H20ClIN2O4/c25-18-12-20(22(24(29)30)28-19-8-6-16(14-27)7-9-19)23(21(26)13-18)32-11-10-31-15-17-4-2-1-3-5-17/h1-9,12-13,22,28H,10-11,15H2,(H,29,30). The smallest absolute Gasteiger partial charge is 0.330 e. The lowest BCUT2D eigenvalue weighted by Gasteiger charge is -2.21. The number of ether oxygens (including phenoxy) is 2. The highest BCUT2D eigenvalue weighted by Crippen LogP contribution is 2.35. The highest BCUT2D eigenvalue weighted by molar-refractivity contribution is 14.1. The van der Waals surface area contributed by atoms with Gasteiger partial charge in [-0.3, -0.25) is 0 Å². The molecule has 6 nitrogen and oxygen atoms in total. The lowest BCUT2D eigenvalue weighted by atomic mass is 10.0. The number of aliphatic carboxylic acids is 1. The largest absolute Gasteiger partial charge is 0.490 e. The Morgan fingerprint density at radius 2 is 1.84 bits per heavy atom. The normalized spacial score (nSPS) is 11.4. The zero-order valence-electron chi connectivity index (χ0n) is 16.9. The maximum Gasteiger partial charge on any atom is 0.330 e. The van der Waals surface area contributed by atoms with Crippen molar-refractivity contribution in [2.75, 3.05) is 18.5 Å². The van der Waals surface area contributed by atoms with E-state index in [-0.39, 0.29) is 6.61 Å². The van der Waals surface area contributed by atoms with Crippen molar-refractivity contribution in [1.29, 1.82) is 5.26 Å². The van der Waals surface area contributed by atoms with Gasteiger partial charge < -0.3 is 19.9 Å². The number of benzene rings is 3. The lowest BCUT2D eigenvalue weighted by Crippen LogP contribution is -2.22. The Morgan fingerprint density at radius 1 is 1.12 bits per heavy atom. The molecule has 1 unspecified atom stereocenters. The van der Waals surface area contributed by atoms with Gasteiger partial charge >= 0.3 is 5.97 Å². The lowest BCUT2D eigenvalue weighted by molar-refractivity contribution is -0.138. The minimum Gasteiger partial charge on any atom is -0.490 e. The van der Waals surface area contributed by atoms with E-state index in [0.717, 1.165) is 5.56 Å². The molecule has 0 bridgehead atoms. The monoisotopic (exact) mass is 562 g/mol. The molecule has 0 fully saturated rings. The van der Waals surface area contributed by atoms with Gasteiger partial charge in [-0.1, -0.05) is 41.9 Å². The number of nitriles is 1. The number of hydrogen-bond donors (Lipinski definition) is 2. The maximum atomic E-state index is 12.1. The van der Waals surface area contributed by atoms with Gasteiger partial charge in [0.25, 0.3) is 0 Å². The predicted octanol–water partition coefficient (Wildman–Crippen LogP) is 5.65. The van der Waals surface area contributed by atoms with Gasteiger partial charge in [-0.05, 0) is 64.6 Å². The van der Waals surface area contributed by atoms with E-state index in [2.05, 4.69) is 27.9 Å². The number of anilines is 1. The number of nitrogens with one attached hydrogen (secondary N) is 1. The number of nitrogens with zero attached hydrogens (tertiary/aromatic N) is 1. The first kappa shape index (κ1) is 23.9. The van der Waals surface area contributed by atoms with E-state index in [1.807, 2.05) is 36.4 Å². The van der Waals surface area contributed by atoms with Gasteiger partial charge in [-0.15, -0.1) is 0 Å². The summed E-state index contributed by atoms with van der Waals surface area (Å²) in [5, 5.41) is 22.2. The van der Waals surface area contributed by atoms with Crippen LogP contribution in [0.5, 0.6) is 5.75 Å². The number of rotatable bonds is 10. The number of halogens is 2. The topological polar surface area (TPSA) is 91.6 Å². The van der Waals surface area contributed by atoms with Crippen molar-refractivity contribution in [3.05, 3.63) is 92.0 Å². The molecule has 3 aromatic rings. The van der Waals surface area contributed by atoms with Crippen LogP contribution in [0.25, 0.3) is 0 Å². The SMILES string of the molecule is N#Cc1ccc(NC(C(=O)O)c2cc(Cl)cc(I)c2OCCOCc2ccccc2)cc1. The molecule has 0 aliphatic rings. The van der Waals surface area contributed by atoms with Gasteiger partial charge in [-0.2, -0.15) is 5.26 Å². The molecule has 3 aromatic carbocycles. The molecule has 8 heteroatoms. The predicted molar refractivity (Wildman–Crippen MR) is 131 cm³/mol. The van der Waals surface area contributed by atoms with Crippen molar-refractivity contribution in [3.8, 4) is 11.8 Å². The molecule has 2 N–H and O–H groups in total. The highest BCUT2D eigenvalue weighted by Gasteiger charge is 2.26. The minimum atomic E-state index is -1.10. The van der Waals surface area contributed by atoms with E-state index in [4.69, 9.17) is 26.3 Å². The Kier molecular flexibility index (Phi) is 8.73. The van der Waals surface area contributed by atoms with E-state index in [9.17, 15) is 9.90 Å². The molecule has 1 atom stereocenters. The van der Waals surface area contributed by atoms with Gasteiger partial charge in [0.15, 0.2) is 6.04 Å². The van der Waals surface area contributed by atoms with Crippen molar-refractivity contribution in [1.82, 2.24) is 0 Å². The average molecular weight is 563 g/mol. The third-order valence-corrected chi connectivity index (χ3v) is 5.53. The Bertz CT molecular complexity index is 1100. The molecule has 0 spiro atoms. The summed E-state index contributed by atoms with van der Waals surface area (Å²) in [5.41, 5.74) is 2.51. The third-order valence-electron chi connectivity index (χ3n) is 4.51. The summed E-state index contributed by atoms with van der Waals surface area (Å²) in [4.78, 5) is 12.1. The fourth-order valence-corrected chi connectivity index (χ4v) is 4.21. The molecule has 0 aliphatic carbocycles. The van der Waals surface area contributed by atoms with E-state index >= 15 is 0 Å². The fraction of sp³-hybridized carbons (Fsp3) is 0.167. The summed E-state index contributed by atoms with van der Waals surface area (Å²) in [6.45, 7) is 1.06. The molecule has 0 aromatic heterocycles. The molecular weight excluding hydrogens is 543 g/mol. The molecule has 164 valence electrons. The van der Waals surface area contributed by atoms with E-state index in [1.165, 1.54) is 0 Å². The van der Waals surface area contributed by atoms with Crippen LogP contribution in [0.4, 0.5) is 5.69 Å². The van der Waals surface area contributed by atoms with Crippen molar-refractivity contribution in [2.45, 2.75) is 12.6 Å². The first-order valence-corrected chi connectivity index (χ1v) is 11.2. The number of carboxylic acid groups (broad SMARTS) is 1. The number of carbonyl (C=O) groups is 1. The summed E-state index contributed by atoms with van der Waals surface area (Å²) in [5.74, 6) is -0.649. The second-order valence-corrected chi connectivity index (χ2v) is 8.40. The van der Waals surface area contributed by atoms with E-state index in [1.54, 1.807) is 36.4 Å². The van der Waals surface area contributed by atoms with Crippen molar-refractivity contribution >= 4 is 45.8 Å². The van der Waals surface area contributed by atoms with Gasteiger partial charge in [0, 0.05) is 16.3 Å². The molecule has 0 aliphatic heterocycles. The van der Waals surface area contributed by atoms with Gasteiger partial charge in [0.2, 0.25) is 0 Å². The molecule has 3 rings (SSSR count). The summed E-state index contributed by atoms with van der Waals surface area (Å²) >= 11 is 8.30. The zero-order valence-corrected chi connectivity index (χ0v) is 19.8. The van der Waals surface area contributed by atoms with Crippen molar-refractivity contribution in [2.24, 2.45) is 0 Å². The highest BCUT2D eigenvalue weighted by atomic mass is 127. The Balaban J connectivity index is 1.73. The Hall–Kier alpha value is -2.80. The van der Waals surface area contributed by atoms with Gasteiger partial charge in [-0.25, -0.2) is 4.79 Å². The summed E-state index contributed by atoms with van der Waals surface area (Å²) in [6, 6.07) is 20.6. The van der Waals surface area contributed by atoms with Crippen LogP contribution in [0.1, 0.15) is 22.7 Å². The third kappa shape index (κ3) is 6.60. The van der Waals surface area contributed by atoms with Crippen molar-refractivity contribution < 1.29 is 19.4 Å². The Morgan fingerprint density at radius 3 is 2.50 bits per heavy atom. The molecule has 0 saturated carbocycles. The maximum absolute atomic E-state index is 12.1. The average Bonchev–Trinajstić information content (AvgIpc) is 2.79. The molecular formula is C24H20ClIN2O4. The van der Waals surface area contributed by atoms with Crippen LogP contribution in [0.3, 0.4) is 0 Å². The summed E-state index contributed by atoms with van der Waals surface area (Å²) in [7, 11) is 0. The second kappa shape index (κ2) is 11.7. The van der Waals surface area contributed by atoms with E-state index in [0.29, 0.717) is 44.4 Å². The Labute approximate surface area is 204 Å². The summed E-state index contributed by atoms with van der Waals surface area (Å²) < 4.78 is 12.3.